The number of rotatable bonds is 4. The number of sulfonamides is 1. The number of benzene rings is 1. The molecule has 2 heterocycles. The van der Waals surface area contributed by atoms with E-state index in [0.29, 0.717) is 24.5 Å². The van der Waals surface area contributed by atoms with Gasteiger partial charge in [0, 0.05) is 18.8 Å². The molecule has 24 heavy (non-hydrogen) atoms. The summed E-state index contributed by atoms with van der Waals surface area (Å²) in [7, 11) is -3.48. The van der Waals surface area contributed by atoms with Crippen LogP contribution in [0, 0.1) is 11.3 Å². The molecule has 0 spiro atoms. The molecule has 0 radical (unpaired) electrons. The van der Waals surface area contributed by atoms with Crippen LogP contribution < -0.4 is 9.62 Å². The van der Waals surface area contributed by atoms with E-state index in [4.69, 9.17) is 5.26 Å². The smallest absolute Gasteiger partial charge is 0.237 e. The van der Waals surface area contributed by atoms with Gasteiger partial charge in [-0.2, -0.15) is 5.26 Å². The van der Waals surface area contributed by atoms with E-state index in [1.165, 1.54) is 0 Å². The molecule has 0 aliphatic carbocycles. The number of piperidine rings is 1. The first kappa shape index (κ1) is 16.2. The van der Waals surface area contributed by atoms with Gasteiger partial charge in [-0.3, -0.25) is 4.72 Å². The maximum absolute atomic E-state index is 12.6. The van der Waals surface area contributed by atoms with Crippen molar-refractivity contribution in [3.8, 4) is 6.07 Å². The highest BCUT2D eigenvalue weighted by Gasteiger charge is 2.31. The summed E-state index contributed by atoms with van der Waals surface area (Å²) >= 11 is 0. The highest BCUT2D eigenvalue weighted by Crippen LogP contribution is 2.23. The normalized spacial score (nSPS) is 18.0. The minimum atomic E-state index is -3.48. The van der Waals surface area contributed by atoms with Crippen molar-refractivity contribution in [1.82, 2.24) is 10.2 Å². The second-order valence-electron chi connectivity index (χ2n) is 5.61. The van der Waals surface area contributed by atoms with Crippen LogP contribution in [0.2, 0.25) is 0 Å². The molecule has 0 saturated carbocycles. The molecule has 0 amide bonds. The lowest BCUT2D eigenvalue weighted by molar-refractivity contribution is 0.532. The molecule has 3 rings (SSSR count). The monoisotopic (exact) mass is 343 g/mol. The number of anilines is 2. The summed E-state index contributed by atoms with van der Waals surface area (Å²) in [5.74, 6) is 0.591. The molecule has 1 aliphatic heterocycles. The summed E-state index contributed by atoms with van der Waals surface area (Å²) in [6.07, 6.45) is 1.35. The Kier molecular flexibility index (Phi) is 4.62. The number of para-hydroxylation sites is 1. The van der Waals surface area contributed by atoms with E-state index in [0.717, 1.165) is 13.0 Å². The van der Waals surface area contributed by atoms with E-state index in [1.54, 1.807) is 36.4 Å². The Bertz CT molecular complexity index is 831. The second kappa shape index (κ2) is 6.84. The summed E-state index contributed by atoms with van der Waals surface area (Å²) in [5, 5.41) is 16.1. The maximum Gasteiger partial charge on any atom is 0.237 e. The zero-order valence-corrected chi connectivity index (χ0v) is 13.8. The number of aromatic nitrogens is 2. The van der Waals surface area contributed by atoms with Gasteiger partial charge in [0.1, 0.15) is 6.07 Å². The first-order valence-electron chi connectivity index (χ1n) is 7.64. The Morgan fingerprint density at radius 1 is 1.17 bits per heavy atom. The lowest BCUT2D eigenvalue weighted by atomic mass is 10.1. The Morgan fingerprint density at radius 3 is 2.62 bits per heavy atom. The minimum Gasteiger partial charge on any atom is -0.354 e. The van der Waals surface area contributed by atoms with Crippen molar-refractivity contribution >= 4 is 21.5 Å². The molecule has 124 valence electrons. The lowest BCUT2D eigenvalue weighted by Gasteiger charge is -2.33. The van der Waals surface area contributed by atoms with Gasteiger partial charge in [-0.25, -0.2) is 8.42 Å². The van der Waals surface area contributed by atoms with Crippen LogP contribution in [-0.4, -0.2) is 37.0 Å². The van der Waals surface area contributed by atoms with E-state index >= 15 is 0 Å². The van der Waals surface area contributed by atoms with Crippen molar-refractivity contribution in [3.63, 3.8) is 0 Å². The molecule has 1 aromatic heterocycles. The third-order valence-electron chi connectivity index (χ3n) is 3.94. The minimum absolute atomic E-state index is 0.241. The summed E-state index contributed by atoms with van der Waals surface area (Å²) in [4.78, 5) is 1.90. The van der Waals surface area contributed by atoms with Crippen molar-refractivity contribution in [1.29, 1.82) is 5.26 Å². The predicted molar refractivity (Wildman–Crippen MR) is 91.0 cm³/mol. The quantitative estimate of drug-likeness (QED) is 0.908. The van der Waals surface area contributed by atoms with E-state index in [1.807, 2.05) is 17.0 Å². The van der Waals surface area contributed by atoms with Crippen LogP contribution in [0.5, 0.6) is 0 Å². The average Bonchev–Trinajstić information content (AvgIpc) is 2.62. The van der Waals surface area contributed by atoms with Gasteiger partial charge in [-0.05, 0) is 37.1 Å². The van der Waals surface area contributed by atoms with Gasteiger partial charge < -0.3 is 4.90 Å². The van der Waals surface area contributed by atoms with Gasteiger partial charge in [0.25, 0.3) is 0 Å². The zero-order chi connectivity index (χ0) is 17.0. The standard InChI is InChI=1S/C16H17N5O2S/c17-11-14-8-9-16(19-18-14)21-10-4-7-15(12-21)24(22,23)20-13-5-2-1-3-6-13/h1-3,5-6,8-9,15,20H,4,7,10,12H2/t15-/m1/s1. The number of hydrogen-bond acceptors (Lipinski definition) is 6. The van der Waals surface area contributed by atoms with E-state index < -0.39 is 15.3 Å². The molecule has 1 N–H and O–H groups in total. The molecule has 1 fully saturated rings. The van der Waals surface area contributed by atoms with Gasteiger partial charge in [0.05, 0.1) is 5.25 Å². The summed E-state index contributed by atoms with van der Waals surface area (Å²) in [5.41, 5.74) is 0.804. The lowest BCUT2D eigenvalue weighted by Crippen LogP contribution is -2.44. The van der Waals surface area contributed by atoms with Crippen LogP contribution in [0.15, 0.2) is 42.5 Å². The summed E-state index contributed by atoms with van der Waals surface area (Å²) in [6, 6.07) is 14.1. The Balaban J connectivity index is 1.73. The molecule has 7 nitrogen and oxygen atoms in total. The van der Waals surface area contributed by atoms with Crippen molar-refractivity contribution < 1.29 is 8.42 Å². The fourth-order valence-corrected chi connectivity index (χ4v) is 4.19. The van der Waals surface area contributed by atoms with Crippen molar-refractivity contribution in [3.05, 3.63) is 48.2 Å². The van der Waals surface area contributed by atoms with Crippen LogP contribution in [0.1, 0.15) is 18.5 Å². The van der Waals surface area contributed by atoms with Gasteiger partial charge in [-0.15, -0.1) is 10.2 Å². The van der Waals surface area contributed by atoms with E-state index in [9.17, 15) is 8.42 Å². The van der Waals surface area contributed by atoms with E-state index in [2.05, 4.69) is 14.9 Å². The van der Waals surface area contributed by atoms with Gasteiger partial charge in [0.15, 0.2) is 11.5 Å². The molecule has 0 bridgehead atoms. The second-order valence-corrected chi connectivity index (χ2v) is 7.57. The molecule has 1 atom stereocenters. The fourth-order valence-electron chi connectivity index (χ4n) is 2.71. The highest BCUT2D eigenvalue weighted by atomic mass is 32.2. The molecule has 1 aliphatic rings. The third-order valence-corrected chi connectivity index (χ3v) is 5.72. The van der Waals surface area contributed by atoms with Gasteiger partial charge in [-0.1, -0.05) is 18.2 Å². The first-order valence-corrected chi connectivity index (χ1v) is 9.18. The molecule has 1 saturated heterocycles. The molecular weight excluding hydrogens is 326 g/mol. The van der Waals surface area contributed by atoms with Crippen molar-refractivity contribution in [2.45, 2.75) is 18.1 Å². The predicted octanol–water partition coefficient (Wildman–Crippen LogP) is 1.76. The highest BCUT2D eigenvalue weighted by molar-refractivity contribution is 7.93. The number of nitrogens with one attached hydrogen (secondary N) is 1. The SMILES string of the molecule is N#Cc1ccc(N2CCC[C@@H](S(=O)(=O)Nc3ccccc3)C2)nn1. The van der Waals surface area contributed by atoms with Gasteiger partial charge in [0.2, 0.25) is 10.0 Å². The molecular formula is C16H17N5O2S. The molecule has 2 aromatic rings. The maximum atomic E-state index is 12.6. The van der Waals surface area contributed by atoms with Crippen LogP contribution in [0.25, 0.3) is 0 Å². The Hall–Kier alpha value is -2.66. The summed E-state index contributed by atoms with van der Waals surface area (Å²) < 4.78 is 27.9. The Labute approximate surface area is 141 Å². The number of nitriles is 1. The number of nitrogens with zero attached hydrogens (tertiary/aromatic N) is 4. The van der Waals surface area contributed by atoms with Crippen molar-refractivity contribution in [2.24, 2.45) is 0 Å². The first-order chi connectivity index (χ1) is 11.6. The molecule has 1 aromatic carbocycles. The number of hydrogen-bond donors (Lipinski definition) is 1. The Morgan fingerprint density at radius 2 is 1.96 bits per heavy atom. The zero-order valence-electron chi connectivity index (χ0n) is 13.0. The molecule has 8 heteroatoms. The van der Waals surface area contributed by atoms with Crippen LogP contribution in [0.4, 0.5) is 11.5 Å². The van der Waals surface area contributed by atoms with Crippen molar-refractivity contribution in [2.75, 3.05) is 22.7 Å². The largest absolute Gasteiger partial charge is 0.354 e. The van der Waals surface area contributed by atoms with Crippen LogP contribution in [0.3, 0.4) is 0 Å². The van der Waals surface area contributed by atoms with Crippen LogP contribution in [-0.2, 0) is 10.0 Å². The topological polar surface area (TPSA) is 99.0 Å². The van der Waals surface area contributed by atoms with E-state index in [-0.39, 0.29) is 5.69 Å². The average molecular weight is 343 g/mol. The van der Waals surface area contributed by atoms with Crippen LogP contribution >= 0.6 is 0 Å². The fraction of sp³-hybridized carbons (Fsp3) is 0.312. The van der Waals surface area contributed by atoms with Gasteiger partial charge >= 0.3 is 0 Å². The third kappa shape index (κ3) is 3.63. The summed E-state index contributed by atoms with van der Waals surface area (Å²) in [6.45, 7) is 1.07. The molecule has 0 unspecified atom stereocenters.